The fourth-order valence-corrected chi connectivity index (χ4v) is 2.14. The molecule has 0 aliphatic carbocycles. The van der Waals surface area contributed by atoms with Gasteiger partial charge in [0.2, 0.25) is 5.95 Å². The minimum Gasteiger partial charge on any atom is -0.368 e. The summed E-state index contributed by atoms with van der Waals surface area (Å²) in [5.41, 5.74) is 9.44. The van der Waals surface area contributed by atoms with Crippen LogP contribution < -0.4 is 5.73 Å². The molecule has 104 valence electrons. The Balaban J connectivity index is 2.13. The number of nitrogens with zero attached hydrogens (tertiary/aromatic N) is 2. The average molecular weight is 279 g/mol. The summed E-state index contributed by atoms with van der Waals surface area (Å²) >= 11 is 0. The Morgan fingerprint density at radius 3 is 2.29 bits per heavy atom. The maximum Gasteiger partial charge on any atom is 0.221 e. The van der Waals surface area contributed by atoms with Crippen molar-refractivity contribution in [3.63, 3.8) is 0 Å². The summed E-state index contributed by atoms with van der Waals surface area (Å²) in [5.74, 6) is -0.197. The minimum atomic E-state index is -0.328. The van der Waals surface area contributed by atoms with E-state index >= 15 is 0 Å². The summed E-state index contributed by atoms with van der Waals surface area (Å²) in [6.07, 6.45) is 0. The van der Waals surface area contributed by atoms with Gasteiger partial charge in [0.15, 0.2) is 0 Å². The molecule has 0 radical (unpaired) electrons. The second kappa shape index (κ2) is 5.32. The van der Waals surface area contributed by atoms with E-state index < -0.39 is 0 Å². The van der Waals surface area contributed by atoms with Crippen molar-refractivity contribution in [3.05, 3.63) is 66.0 Å². The second-order valence-corrected chi connectivity index (χ2v) is 4.84. The van der Waals surface area contributed by atoms with Crippen LogP contribution in [-0.4, -0.2) is 9.97 Å². The first kappa shape index (κ1) is 13.2. The number of anilines is 1. The molecule has 2 aromatic carbocycles. The number of hydrogen-bond donors (Lipinski definition) is 1. The number of nitrogen functional groups attached to an aromatic ring is 1. The molecule has 3 rings (SSSR count). The average Bonchev–Trinajstić information content (AvgIpc) is 2.48. The monoisotopic (exact) mass is 279 g/mol. The standard InChI is InChI=1S/C17H14FN3/c1-11-6-8-12(9-7-11)15-10-16(21-17(19)20-15)13-4-2-3-5-14(13)18/h2-10H,1H3,(H2,19,20,21). The number of aromatic nitrogens is 2. The van der Waals surface area contributed by atoms with Gasteiger partial charge in [0.1, 0.15) is 5.82 Å². The lowest BCUT2D eigenvalue weighted by Crippen LogP contribution is -1.99. The van der Waals surface area contributed by atoms with Gasteiger partial charge in [-0.1, -0.05) is 42.0 Å². The summed E-state index contributed by atoms with van der Waals surface area (Å²) in [6.45, 7) is 2.02. The van der Waals surface area contributed by atoms with Crippen LogP contribution in [0.3, 0.4) is 0 Å². The Morgan fingerprint density at radius 2 is 1.57 bits per heavy atom. The first-order valence-electron chi connectivity index (χ1n) is 6.60. The SMILES string of the molecule is Cc1ccc(-c2cc(-c3ccccc3F)nc(N)n2)cc1. The predicted octanol–water partition coefficient (Wildman–Crippen LogP) is 3.84. The lowest BCUT2D eigenvalue weighted by molar-refractivity contribution is 0.630. The quantitative estimate of drug-likeness (QED) is 0.775. The van der Waals surface area contributed by atoms with Crippen LogP contribution in [0, 0.1) is 12.7 Å². The highest BCUT2D eigenvalue weighted by Crippen LogP contribution is 2.26. The molecular weight excluding hydrogens is 265 g/mol. The zero-order chi connectivity index (χ0) is 14.8. The minimum absolute atomic E-state index is 0.131. The number of aryl methyl sites for hydroxylation is 1. The van der Waals surface area contributed by atoms with Crippen LogP contribution in [0.5, 0.6) is 0 Å². The molecule has 21 heavy (non-hydrogen) atoms. The maximum atomic E-state index is 13.9. The smallest absolute Gasteiger partial charge is 0.221 e. The van der Waals surface area contributed by atoms with E-state index in [1.165, 1.54) is 6.07 Å². The fraction of sp³-hybridized carbons (Fsp3) is 0.0588. The second-order valence-electron chi connectivity index (χ2n) is 4.84. The van der Waals surface area contributed by atoms with Gasteiger partial charge >= 0.3 is 0 Å². The highest BCUT2D eigenvalue weighted by molar-refractivity contribution is 5.69. The van der Waals surface area contributed by atoms with Crippen LogP contribution in [0.15, 0.2) is 54.6 Å². The normalized spacial score (nSPS) is 10.6. The molecule has 3 aromatic rings. The molecule has 2 N–H and O–H groups in total. The number of benzene rings is 2. The van der Waals surface area contributed by atoms with Crippen LogP contribution in [-0.2, 0) is 0 Å². The van der Waals surface area contributed by atoms with Crippen LogP contribution in [0.2, 0.25) is 0 Å². The molecule has 4 heteroatoms. The number of halogens is 1. The maximum absolute atomic E-state index is 13.9. The van der Waals surface area contributed by atoms with Crippen molar-refractivity contribution in [2.75, 3.05) is 5.73 Å². The molecule has 3 nitrogen and oxygen atoms in total. The van der Waals surface area contributed by atoms with E-state index in [1.54, 1.807) is 24.3 Å². The topological polar surface area (TPSA) is 51.8 Å². The van der Waals surface area contributed by atoms with Crippen molar-refractivity contribution in [3.8, 4) is 22.5 Å². The number of hydrogen-bond acceptors (Lipinski definition) is 3. The lowest BCUT2D eigenvalue weighted by atomic mass is 10.1. The molecular formula is C17H14FN3. The van der Waals surface area contributed by atoms with Crippen LogP contribution in [0.4, 0.5) is 10.3 Å². The van der Waals surface area contributed by atoms with E-state index in [2.05, 4.69) is 9.97 Å². The van der Waals surface area contributed by atoms with Gasteiger partial charge in [-0.2, -0.15) is 0 Å². The van der Waals surface area contributed by atoms with Crippen LogP contribution in [0.1, 0.15) is 5.56 Å². The first-order valence-corrected chi connectivity index (χ1v) is 6.60. The zero-order valence-corrected chi connectivity index (χ0v) is 11.5. The summed E-state index contributed by atoms with van der Waals surface area (Å²) in [7, 11) is 0. The largest absolute Gasteiger partial charge is 0.368 e. The Labute approximate surface area is 122 Å². The van der Waals surface area contributed by atoms with Gasteiger partial charge in [0.05, 0.1) is 11.4 Å². The van der Waals surface area contributed by atoms with E-state index in [0.29, 0.717) is 17.0 Å². The van der Waals surface area contributed by atoms with Crippen molar-refractivity contribution < 1.29 is 4.39 Å². The molecule has 0 saturated heterocycles. The molecule has 0 fully saturated rings. The van der Waals surface area contributed by atoms with E-state index in [-0.39, 0.29) is 11.8 Å². The van der Waals surface area contributed by atoms with Gasteiger partial charge in [-0.05, 0) is 25.1 Å². The highest BCUT2D eigenvalue weighted by atomic mass is 19.1. The Kier molecular flexibility index (Phi) is 3.36. The Morgan fingerprint density at radius 1 is 0.905 bits per heavy atom. The molecule has 0 unspecified atom stereocenters. The Hall–Kier alpha value is -2.75. The van der Waals surface area contributed by atoms with Crippen molar-refractivity contribution in [1.29, 1.82) is 0 Å². The highest BCUT2D eigenvalue weighted by Gasteiger charge is 2.10. The molecule has 0 amide bonds. The van der Waals surface area contributed by atoms with E-state index in [0.717, 1.165) is 11.1 Å². The van der Waals surface area contributed by atoms with Gasteiger partial charge in [-0.25, -0.2) is 14.4 Å². The first-order chi connectivity index (χ1) is 10.1. The van der Waals surface area contributed by atoms with Crippen molar-refractivity contribution in [2.45, 2.75) is 6.92 Å². The molecule has 0 aliphatic rings. The molecule has 0 atom stereocenters. The van der Waals surface area contributed by atoms with Gasteiger partial charge in [0.25, 0.3) is 0 Å². The van der Waals surface area contributed by atoms with Crippen molar-refractivity contribution in [2.24, 2.45) is 0 Å². The van der Waals surface area contributed by atoms with E-state index in [9.17, 15) is 4.39 Å². The predicted molar refractivity (Wildman–Crippen MR) is 82.0 cm³/mol. The van der Waals surface area contributed by atoms with Gasteiger partial charge in [-0.15, -0.1) is 0 Å². The molecule has 0 saturated carbocycles. The van der Waals surface area contributed by atoms with E-state index in [4.69, 9.17) is 5.73 Å². The molecule has 1 aromatic heterocycles. The summed E-state index contributed by atoms with van der Waals surface area (Å²) in [5, 5.41) is 0. The third-order valence-electron chi connectivity index (χ3n) is 3.24. The summed E-state index contributed by atoms with van der Waals surface area (Å²) < 4.78 is 13.9. The zero-order valence-electron chi connectivity index (χ0n) is 11.5. The fourth-order valence-electron chi connectivity index (χ4n) is 2.14. The van der Waals surface area contributed by atoms with Crippen molar-refractivity contribution in [1.82, 2.24) is 9.97 Å². The Bertz CT molecular complexity index is 782. The molecule has 0 bridgehead atoms. The van der Waals surface area contributed by atoms with Gasteiger partial charge < -0.3 is 5.73 Å². The summed E-state index contributed by atoms with van der Waals surface area (Å²) in [4.78, 5) is 8.37. The summed E-state index contributed by atoms with van der Waals surface area (Å²) in [6, 6.07) is 16.2. The molecule has 1 heterocycles. The van der Waals surface area contributed by atoms with Crippen LogP contribution >= 0.6 is 0 Å². The molecule has 0 spiro atoms. The molecule has 0 aliphatic heterocycles. The third-order valence-corrected chi connectivity index (χ3v) is 3.24. The lowest BCUT2D eigenvalue weighted by Gasteiger charge is -2.07. The van der Waals surface area contributed by atoms with Gasteiger partial charge in [0, 0.05) is 11.1 Å². The van der Waals surface area contributed by atoms with Gasteiger partial charge in [-0.3, -0.25) is 0 Å². The van der Waals surface area contributed by atoms with Crippen molar-refractivity contribution >= 4 is 5.95 Å². The van der Waals surface area contributed by atoms with Crippen LogP contribution in [0.25, 0.3) is 22.5 Å². The number of rotatable bonds is 2. The third kappa shape index (κ3) is 2.74. The number of nitrogens with two attached hydrogens (primary N) is 1. The van der Waals surface area contributed by atoms with E-state index in [1.807, 2.05) is 31.2 Å².